The highest BCUT2D eigenvalue weighted by Crippen LogP contribution is 2.10. The van der Waals surface area contributed by atoms with E-state index in [0.717, 1.165) is 19.8 Å². The minimum absolute atomic E-state index is 0.190. The summed E-state index contributed by atoms with van der Waals surface area (Å²) in [5.74, 6) is 0. The summed E-state index contributed by atoms with van der Waals surface area (Å²) in [4.78, 5) is 0. The van der Waals surface area contributed by atoms with Crippen molar-refractivity contribution >= 4 is 0 Å². The van der Waals surface area contributed by atoms with Crippen molar-refractivity contribution in [3.05, 3.63) is 0 Å². The molecule has 158 valence electrons. The van der Waals surface area contributed by atoms with Crippen molar-refractivity contribution in [3.8, 4) is 0 Å². The van der Waals surface area contributed by atoms with Gasteiger partial charge in [0.15, 0.2) is 0 Å². The van der Waals surface area contributed by atoms with E-state index < -0.39 is 0 Å². The lowest BCUT2D eigenvalue weighted by Crippen LogP contribution is -1.97. The van der Waals surface area contributed by atoms with E-state index in [0.29, 0.717) is 0 Å². The molecule has 1 heterocycles. The molecular weight excluding hydrogens is 324 g/mol. The Kier molecular flexibility index (Phi) is 22.8. The van der Waals surface area contributed by atoms with Crippen LogP contribution in [0.1, 0.15) is 117 Å². The van der Waals surface area contributed by atoms with Crippen LogP contribution < -0.4 is 0 Å². The summed E-state index contributed by atoms with van der Waals surface area (Å²) in [5, 5.41) is 8.08. The monoisotopic (exact) mass is 372 g/mol. The molecule has 0 saturated carbocycles. The zero-order valence-corrected chi connectivity index (χ0v) is 18.0. The minimum Gasteiger partial charge on any atom is -0.394 e. The third-order valence-corrected chi connectivity index (χ3v) is 4.89. The molecule has 1 atom stereocenters. The Bertz CT molecular complexity index is 224. The van der Waals surface area contributed by atoms with Crippen LogP contribution in [-0.4, -0.2) is 37.6 Å². The van der Waals surface area contributed by atoms with Crippen LogP contribution in [0.2, 0.25) is 0 Å². The van der Waals surface area contributed by atoms with Crippen molar-refractivity contribution in [2.24, 2.45) is 0 Å². The maximum atomic E-state index is 8.08. The van der Waals surface area contributed by atoms with Gasteiger partial charge in [-0.1, -0.05) is 104 Å². The van der Waals surface area contributed by atoms with Gasteiger partial charge in [0, 0.05) is 13.2 Å². The average Bonchev–Trinajstić information content (AvgIpc) is 3.49. The van der Waals surface area contributed by atoms with E-state index in [1.54, 1.807) is 0 Å². The van der Waals surface area contributed by atoms with E-state index in [9.17, 15) is 0 Å². The van der Waals surface area contributed by atoms with Crippen LogP contribution in [0.25, 0.3) is 0 Å². The fourth-order valence-corrected chi connectivity index (χ4v) is 2.95. The number of aliphatic hydroxyl groups excluding tert-OH is 1. The largest absolute Gasteiger partial charge is 0.394 e. The molecule has 0 aromatic carbocycles. The van der Waals surface area contributed by atoms with Crippen LogP contribution in [0.5, 0.6) is 0 Å². The lowest BCUT2D eigenvalue weighted by atomic mass is 10.1. The van der Waals surface area contributed by atoms with Crippen LogP contribution in [0.15, 0.2) is 0 Å². The Balaban J connectivity index is 0.00000106. The number of hydrogen-bond acceptors (Lipinski definition) is 3. The molecule has 3 nitrogen and oxygen atoms in total. The van der Waals surface area contributed by atoms with Crippen molar-refractivity contribution in [2.75, 3.05) is 26.4 Å². The summed E-state index contributed by atoms with van der Waals surface area (Å²) < 4.78 is 10.3. The summed E-state index contributed by atoms with van der Waals surface area (Å²) in [6.07, 6.45) is 22.4. The van der Waals surface area contributed by atoms with Gasteiger partial charge in [0.1, 0.15) is 6.10 Å². The van der Waals surface area contributed by atoms with Crippen molar-refractivity contribution in [3.63, 3.8) is 0 Å². The van der Waals surface area contributed by atoms with Crippen LogP contribution in [0, 0.1) is 0 Å². The second-order valence-corrected chi connectivity index (χ2v) is 7.70. The summed E-state index contributed by atoms with van der Waals surface area (Å²) in [6.45, 7) is 7.50. The first-order valence-corrected chi connectivity index (χ1v) is 11.6. The maximum Gasteiger partial charge on any atom is 0.104 e. The highest BCUT2D eigenvalue weighted by molar-refractivity contribution is 4.65. The molecular formula is C23H48O3. The van der Waals surface area contributed by atoms with Crippen molar-refractivity contribution < 1.29 is 14.6 Å². The predicted molar refractivity (Wildman–Crippen MR) is 113 cm³/mol. The van der Waals surface area contributed by atoms with Crippen LogP contribution in [-0.2, 0) is 9.47 Å². The molecule has 0 aromatic rings. The number of epoxide rings is 1. The zero-order chi connectivity index (χ0) is 19.1. The molecule has 1 aliphatic rings. The molecule has 0 aromatic heterocycles. The Morgan fingerprint density at radius 2 is 1.00 bits per heavy atom. The first-order valence-electron chi connectivity index (χ1n) is 11.6. The number of unbranched alkanes of at least 4 members (excludes halogenated alkanes) is 14. The van der Waals surface area contributed by atoms with Gasteiger partial charge in [-0.3, -0.25) is 0 Å². The molecule has 1 N–H and O–H groups in total. The summed E-state index contributed by atoms with van der Waals surface area (Å²) in [5.41, 5.74) is 0. The molecule has 0 amide bonds. The van der Waals surface area contributed by atoms with Crippen molar-refractivity contribution in [1.82, 2.24) is 0 Å². The number of rotatable bonds is 19. The molecule has 26 heavy (non-hydrogen) atoms. The fraction of sp³-hybridized carbons (Fsp3) is 1.00. The SMILES string of the molecule is CCCCCCCCCCOCCCCCCCCCC.OCC1CO1. The highest BCUT2D eigenvalue weighted by atomic mass is 16.6. The molecule has 1 fully saturated rings. The molecule has 0 bridgehead atoms. The molecule has 1 saturated heterocycles. The van der Waals surface area contributed by atoms with Crippen LogP contribution >= 0.6 is 0 Å². The fourth-order valence-electron chi connectivity index (χ4n) is 2.95. The Labute approximate surface area is 164 Å². The quantitative estimate of drug-likeness (QED) is 0.203. The maximum absolute atomic E-state index is 8.08. The van der Waals surface area contributed by atoms with E-state index >= 15 is 0 Å². The number of ether oxygens (including phenoxy) is 2. The van der Waals surface area contributed by atoms with E-state index in [1.807, 2.05) is 0 Å². The van der Waals surface area contributed by atoms with Gasteiger partial charge < -0.3 is 14.6 Å². The van der Waals surface area contributed by atoms with Gasteiger partial charge in [-0.05, 0) is 12.8 Å². The smallest absolute Gasteiger partial charge is 0.104 e. The molecule has 3 heteroatoms. The summed E-state index contributed by atoms with van der Waals surface area (Å²) in [6, 6.07) is 0. The normalized spacial score (nSPS) is 15.6. The lowest BCUT2D eigenvalue weighted by molar-refractivity contribution is 0.125. The molecule has 0 aliphatic carbocycles. The lowest BCUT2D eigenvalue weighted by Gasteiger charge is -2.05. The Hall–Kier alpha value is -0.120. The van der Waals surface area contributed by atoms with Gasteiger partial charge in [0.25, 0.3) is 0 Å². The second-order valence-electron chi connectivity index (χ2n) is 7.70. The summed E-state index contributed by atoms with van der Waals surface area (Å²) >= 11 is 0. The minimum atomic E-state index is 0.190. The third-order valence-electron chi connectivity index (χ3n) is 4.89. The average molecular weight is 373 g/mol. The first-order chi connectivity index (χ1) is 12.8. The zero-order valence-electron chi connectivity index (χ0n) is 18.0. The Morgan fingerprint density at radius 3 is 1.27 bits per heavy atom. The van der Waals surface area contributed by atoms with Gasteiger partial charge in [-0.25, -0.2) is 0 Å². The van der Waals surface area contributed by atoms with E-state index in [1.165, 1.54) is 103 Å². The summed E-state index contributed by atoms with van der Waals surface area (Å²) in [7, 11) is 0. The molecule has 1 aliphatic heterocycles. The van der Waals surface area contributed by atoms with E-state index in [-0.39, 0.29) is 12.7 Å². The van der Waals surface area contributed by atoms with Gasteiger partial charge >= 0.3 is 0 Å². The molecule has 1 unspecified atom stereocenters. The van der Waals surface area contributed by atoms with E-state index in [4.69, 9.17) is 9.84 Å². The predicted octanol–water partition coefficient (Wildman–Crippen LogP) is 6.66. The standard InChI is InChI=1S/C20H42O.C3H6O2/c1-3-5-7-9-11-13-15-17-19-21-20-18-16-14-12-10-8-6-4-2;4-1-3-2-5-3/h3-20H2,1-2H3;3-4H,1-2H2. The molecule has 1 rings (SSSR count). The highest BCUT2D eigenvalue weighted by Gasteiger charge is 2.19. The van der Waals surface area contributed by atoms with Crippen LogP contribution in [0.4, 0.5) is 0 Å². The first kappa shape index (κ1) is 25.9. The number of aliphatic hydroxyl groups is 1. The van der Waals surface area contributed by atoms with Crippen molar-refractivity contribution in [1.29, 1.82) is 0 Å². The third kappa shape index (κ3) is 23.9. The topological polar surface area (TPSA) is 42.0 Å². The van der Waals surface area contributed by atoms with E-state index in [2.05, 4.69) is 18.6 Å². The van der Waals surface area contributed by atoms with Crippen LogP contribution in [0.3, 0.4) is 0 Å². The van der Waals surface area contributed by atoms with Gasteiger partial charge in [-0.2, -0.15) is 0 Å². The molecule has 0 radical (unpaired) electrons. The number of hydrogen-bond donors (Lipinski definition) is 1. The van der Waals surface area contributed by atoms with Crippen molar-refractivity contribution in [2.45, 2.75) is 123 Å². The molecule has 0 spiro atoms. The van der Waals surface area contributed by atoms with Gasteiger partial charge in [0.2, 0.25) is 0 Å². The van der Waals surface area contributed by atoms with Gasteiger partial charge in [-0.15, -0.1) is 0 Å². The second kappa shape index (κ2) is 22.9. The Morgan fingerprint density at radius 1 is 0.654 bits per heavy atom. The van der Waals surface area contributed by atoms with Gasteiger partial charge in [0.05, 0.1) is 13.2 Å².